The van der Waals surface area contributed by atoms with Gasteiger partial charge in [0.25, 0.3) is 0 Å². The van der Waals surface area contributed by atoms with Crippen LogP contribution in [0.5, 0.6) is 0 Å². The SMILES string of the molecule is CC(C)=CCCC1=CCC(C)(C)CC1. The fraction of sp³-hybridized carbons (Fsp3) is 0.714. The van der Waals surface area contributed by atoms with Gasteiger partial charge in [0, 0.05) is 0 Å². The van der Waals surface area contributed by atoms with Crippen LogP contribution in [0.15, 0.2) is 23.3 Å². The van der Waals surface area contributed by atoms with E-state index in [1.807, 2.05) is 0 Å². The first-order chi connectivity index (χ1) is 6.49. The van der Waals surface area contributed by atoms with Crippen LogP contribution in [0.25, 0.3) is 0 Å². The van der Waals surface area contributed by atoms with E-state index >= 15 is 0 Å². The van der Waals surface area contributed by atoms with Crippen molar-refractivity contribution in [2.24, 2.45) is 5.41 Å². The lowest BCUT2D eigenvalue weighted by Crippen LogP contribution is -2.14. The average Bonchev–Trinajstić information content (AvgIpc) is 2.07. The maximum absolute atomic E-state index is 2.47. The first-order valence-electron chi connectivity index (χ1n) is 5.81. The van der Waals surface area contributed by atoms with E-state index in [0.717, 1.165) is 0 Å². The quantitative estimate of drug-likeness (QED) is 0.560. The fourth-order valence-corrected chi connectivity index (χ4v) is 1.90. The first kappa shape index (κ1) is 11.6. The summed E-state index contributed by atoms with van der Waals surface area (Å²) in [5.74, 6) is 0. The summed E-state index contributed by atoms with van der Waals surface area (Å²) in [5.41, 5.74) is 3.68. The summed E-state index contributed by atoms with van der Waals surface area (Å²) in [7, 11) is 0. The van der Waals surface area contributed by atoms with Crippen molar-refractivity contribution in [2.75, 3.05) is 0 Å². The maximum Gasteiger partial charge on any atom is -0.0285 e. The van der Waals surface area contributed by atoms with E-state index in [1.165, 1.54) is 37.7 Å². The molecular weight excluding hydrogens is 168 g/mol. The molecule has 0 aromatic carbocycles. The zero-order valence-corrected chi connectivity index (χ0v) is 10.2. The topological polar surface area (TPSA) is 0 Å². The van der Waals surface area contributed by atoms with Crippen molar-refractivity contribution in [1.82, 2.24) is 0 Å². The minimum Gasteiger partial charge on any atom is -0.0856 e. The molecule has 0 nitrogen and oxygen atoms in total. The lowest BCUT2D eigenvalue weighted by Gasteiger charge is -2.28. The highest BCUT2D eigenvalue weighted by molar-refractivity contribution is 5.09. The van der Waals surface area contributed by atoms with E-state index in [2.05, 4.69) is 39.8 Å². The van der Waals surface area contributed by atoms with Gasteiger partial charge in [0.2, 0.25) is 0 Å². The van der Waals surface area contributed by atoms with Gasteiger partial charge in [-0.2, -0.15) is 0 Å². The Labute approximate surface area is 89.1 Å². The lowest BCUT2D eigenvalue weighted by molar-refractivity contribution is 0.322. The number of hydrogen-bond donors (Lipinski definition) is 0. The second-order valence-corrected chi connectivity index (χ2v) is 5.55. The monoisotopic (exact) mass is 192 g/mol. The molecule has 0 saturated heterocycles. The Bertz CT molecular complexity index is 237. The molecule has 0 saturated carbocycles. The zero-order valence-electron chi connectivity index (χ0n) is 10.2. The van der Waals surface area contributed by atoms with Gasteiger partial charge in [0.05, 0.1) is 0 Å². The summed E-state index contributed by atoms with van der Waals surface area (Å²) in [6.45, 7) is 9.10. The van der Waals surface area contributed by atoms with E-state index in [4.69, 9.17) is 0 Å². The number of rotatable bonds is 3. The minimum absolute atomic E-state index is 0.556. The van der Waals surface area contributed by atoms with Crippen molar-refractivity contribution >= 4 is 0 Å². The van der Waals surface area contributed by atoms with Crippen LogP contribution in [0, 0.1) is 5.41 Å². The van der Waals surface area contributed by atoms with Gasteiger partial charge in [-0.15, -0.1) is 0 Å². The van der Waals surface area contributed by atoms with E-state index in [1.54, 1.807) is 5.57 Å². The molecule has 0 aromatic rings. The van der Waals surface area contributed by atoms with Gasteiger partial charge in [-0.3, -0.25) is 0 Å². The second-order valence-electron chi connectivity index (χ2n) is 5.55. The van der Waals surface area contributed by atoms with Crippen LogP contribution in [-0.4, -0.2) is 0 Å². The zero-order chi connectivity index (χ0) is 10.6. The largest absolute Gasteiger partial charge is 0.0856 e. The Hall–Kier alpha value is -0.520. The predicted molar refractivity (Wildman–Crippen MR) is 64.4 cm³/mol. The highest BCUT2D eigenvalue weighted by Crippen LogP contribution is 2.35. The summed E-state index contributed by atoms with van der Waals surface area (Å²) in [5, 5.41) is 0. The standard InChI is InChI=1S/C14H24/c1-12(2)6-5-7-13-8-10-14(3,4)11-9-13/h6,8H,5,7,9-11H2,1-4H3. The molecular formula is C14H24. The average molecular weight is 192 g/mol. The van der Waals surface area contributed by atoms with Crippen molar-refractivity contribution < 1.29 is 0 Å². The third-order valence-electron chi connectivity index (χ3n) is 3.08. The van der Waals surface area contributed by atoms with Gasteiger partial charge in [0.1, 0.15) is 0 Å². The summed E-state index contributed by atoms with van der Waals surface area (Å²) < 4.78 is 0. The number of hydrogen-bond acceptors (Lipinski definition) is 0. The summed E-state index contributed by atoms with van der Waals surface area (Å²) in [6, 6.07) is 0. The molecule has 0 aliphatic heterocycles. The van der Waals surface area contributed by atoms with Crippen molar-refractivity contribution in [3.05, 3.63) is 23.3 Å². The Morgan fingerprint density at radius 1 is 1.43 bits per heavy atom. The summed E-state index contributed by atoms with van der Waals surface area (Å²) >= 11 is 0. The molecule has 1 rings (SSSR count). The maximum atomic E-state index is 2.47. The molecule has 1 aliphatic rings. The molecule has 0 aromatic heterocycles. The summed E-state index contributed by atoms with van der Waals surface area (Å²) in [4.78, 5) is 0. The Morgan fingerprint density at radius 3 is 2.64 bits per heavy atom. The van der Waals surface area contributed by atoms with E-state index in [0.29, 0.717) is 5.41 Å². The van der Waals surface area contributed by atoms with Gasteiger partial charge < -0.3 is 0 Å². The van der Waals surface area contributed by atoms with E-state index in [-0.39, 0.29) is 0 Å². The van der Waals surface area contributed by atoms with Crippen molar-refractivity contribution in [3.63, 3.8) is 0 Å². The lowest BCUT2D eigenvalue weighted by atomic mass is 9.77. The van der Waals surface area contributed by atoms with Crippen molar-refractivity contribution in [2.45, 2.75) is 59.8 Å². The normalized spacial score (nSPS) is 20.1. The molecule has 0 unspecified atom stereocenters. The van der Waals surface area contributed by atoms with Crippen LogP contribution < -0.4 is 0 Å². The third-order valence-corrected chi connectivity index (χ3v) is 3.08. The molecule has 0 spiro atoms. The Morgan fingerprint density at radius 2 is 2.14 bits per heavy atom. The highest BCUT2D eigenvalue weighted by atomic mass is 14.3. The first-order valence-corrected chi connectivity index (χ1v) is 5.81. The van der Waals surface area contributed by atoms with Gasteiger partial charge in [-0.25, -0.2) is 0 Å². The van der Waals surface area contributed by atoms with Gasteiger partial charge in [0.15, 0.2) is 0 Å². The van der Waals surface area contributed by atoms with Crippen molar-refractivity contribution in [3.8, 4) is 0 Å². The van der Waals surface area contributed by atoms with Crippen LogP contribution >= 0.6 is 0 Å². The molecule has 0 heterocycles. The molecule has 0 amide bonds. The smallest absolute Gasteiger partial charge is 0.0285 e. The molecule has 1 aliphatic carbocycles. The molecule has 0 fully saturated rings. The fourth-order valence-electron chi connectivity index (χ4n) is 1.90. The Kier molecular flexibility index (Phi) is 3.97. The molecule has 0 heteroatoms. The molecule has 0 radical (unpaired) electrons. The van der Waals surface area contributed by atoms with Gasteiger partial charge in [-0.05, 0) is 51.4 Å². The van der Waals surface area contributed by atoms with Crippen LogP contribution in [0.2, 0.25) is 0 Å². The van der Waals surface area contributed by atoms with Gasteiger partial charge >= 0.3 is 0 Å². The molecule has 0 N–H and O–H groups in total. The van der Waals surface area contributed by atoms with Gasteiger partial charge in [-0.1, -0.05) is 37.1 Å². The molecule has 0 atom stereocenters. The predicted octanol–water partition coefficient (Wildman–Crippen LogP) is 4.87. The highest BCUT2D eigenvalue weighted by Gasteiger charge is 2.20. The minimum atomic E-state index is 0.556. The number of allylic oxidation sites excluding steroid dienone is 4. The third kappa shape index (κ3) is 4.13. The van der Waals surface area contributed by atoms with Crippen molar-refractivity contribution in [1.29, 1.82) is 0 Å². The van der Waals surface area contributed by atoms with Crippen LogP contribution in [0.1, 0.15) is 59.8 Å². The van der Waals surface area contributed by atoms with Crippen LogP contribution in [0.3, 0.4) is 0 Å². The summed E-state index contributed by atoms with van der Waals surface area (Å²) in [6.07, 6.45) is 11.3. The second kappa shape index (κ2) is 4.82. The molecule has 80 valence electrons. The Balaban J connectivity index is 2.34. The van der Waals surface area contributed by atoms with E-state index in [9.17, 15) is 0 Å². The van der Waals surface area contributed by atoms with Crippen LogP contribution in [-0.2, 0) is 0 Å². The molecule has 14 heavy (non-hydrogen) atoms. The van der Waals surface area contributed by atoms with Crippen LogP contribution in [0.4, 0.5) is 0 Å². The van der Waals surface area contributed by atoms with E-state index < -0.39 is 0 Å². The molecule has 0 bridgehead atoms.